The van der Waals surface area contributed by atoms with Gasteiger partial charge in [0.05, 0.1) is 26.4 Å². The monoisotopic (exact) mass is 1550 g/mol. The van der Waals surface area contributed by atoms with Crippen LogP contribution in [0, 0.1) is 11.8 Å². The van der Waals surface area contributed by atoms with Gasteiger partial charge < -0.3 is 33.8 Å². The van der Waals surface area contributed by atoms with Gasteiger partial charge in [0.25, 0.3) is 0 Å². The second-order valence-electron chi connectivity index (χ2n) is 32.0. The fraction of sp³-hybridized carbons (Fsp3) is 0.954. The van der Waals surface area contributed by atoms with E-state index in [1.807, 2.05) is 0 Å². The minimum absolute atomic E-state index is 0.108. The summed E-state index contributed by atoms with van der Waals surface area (Å²) in [5.74, 6) is -0.507. The van der Waals surface area contributed by atoms with Gasteiger partial charge in [-0.25, -0.2) is 9.13 Å². The number of unbranched alkanes of at least 4 members (excludes halogenated alkanes) is 55. The summed E-state index contributed by atoms with van der Waals surface area (Å²) in [6.07, 6.45) is 70.8. The first-order chi connectivity index (χ1) is 51.4. The maximum Gasteiger partial charge on any atom is 0.472 e. The average molecular weight is 1550 g/mol. The Balaban J connectivity index is 5.24. The molecule has 0 aromatic rings. The highest BCUT2D eigenvalue weighted by Gasteiger charge is 2.30. The van der Waals surface area contributed by atoms with Gasteiger partial charge in [-0.1, -0.05) is 414 Å². The van der Waals surface area contributed by atoms with Crippen molar-refractivity contribution in [2.45, 2.75) is 484 Å². The van der Waals surface area contributed by atoms with E-state index in [0.717, 1.165) is 102 Å². The summed E-state index contributed by atoms with van der Waals surface area (Å²) in [7, 11) is -9.93. The molecule has 0 rings (SSSR count). The Morgan fingerprint density at radius 2 is 0.481 bits per heavy atom. The highest BCUT2D eigenvalue weighted by Crippen LogP contribution is 2.45. The van der Waals surface area contributed by atoms with E-state index in [0.29, 0.717) is 25.7 Å². The molecule has 0 radical (unpaired) electrons. The number of phosphoric ester groups is 2. The molecule has 3 N–H and O–H groups in total. The van der Waals surface area contributed by atoms with Gasteiger partial charge in [0, 0.05) is 25.7 Å². The average Bonchev–Trinajstić information content (AvgIpc) is 0.900. The SMILES string of the molecule is CCCCCCCCCCCCCCCCCCCCCCCCC(=O)O[C@H](COC(=O)CCCCCCCCCCCCCCCCC(C)CC)COP(=O)(O)OC[C@@H](O)COP(=O)(O)OC[C@@H](COC(=O)CCCCCCCCCCCC(C)C)OC(=O)CCCCCCCCCCCCCCCC. The molecule has 17 nitrogen and oxygen atoms in total. The fourth-order valence-electron chi connectivity index (χ4n) is 13.6. The summed E-state index contributed by atoms with van der Waals surface area (Å²) >= 11 is 0. The predicted octanol–water partition coefficient (Wildman–Crippen LogP) is 26.6. The highest BCUT2D eigenvalue weighted by molar-refractivity contribution is 7.47. The number of phosphoric acid groups is 2. The molecule has 0 aromatic carbocycles. The Bertz CT molecular complexity index is 2030. The minimum atomic E-state index is -4.97. The zero-order valence-electron chi connectivity index (χ0n) is 69.7. The van der Waals surface area contributed by atoms with Crippen LogP contribution in [-0.4, -0.2) is 96.7 Å². The first-order valence-electron chi connectivity index (χ1n) is 45.0. The van der Waals surface area contributed by atoms with Crippen molar-refractivity contribution in [3.05, 3.63) is 0 Å². The molecule has 0 aliphatic heterocycles. The Hall–Kier alpha value is -1.94. The Morgan fingerprint density at radius 3 is 0.717 bits per heavy atom. The van der Waals surface area contributed by atoms with Gasteiger partial charge in [0.1, 0.15) is 19.3 Å². The van der Waals surface area contributed by atoms with Crippen LogP contribution < -0.4 is 0 Å². The molecule has 0 aliphatic carbocycles. The van der Waals surface area contributed by atoms with Crippen LogP contribution in [0.5, 0.6) is 0 Å². The van der Waals surface area contributed by atoms with Crippen molar-refractivity contribution in [3.8, 4) is 0 Å². The van der Waals surface area contributed by atoms with E-state index in [9.17, 15) is 43.2 Å². The molecule has 0 bridgehead atoms. The number of aliphatic hydroxyl groups excluding tert-OH is 1. The van der Waals surface area contributed by atoms with Crippen LogP contribution in [0.15, 0.2) is 0 Å². The summed E-state index contributed by atoms with van der Waals surface area (Å²) in [5, 5.41) is 10.7. The van der Waals surface area contributed by atoms with Crippen molar-refractivity contribution < 1.29 is 80.2 Å². The third-order valence-corrected chi connectivity index (χ3v) is 22.7. The number of rotatable bonds is 86. The van der Waals surface area contributed by atoms with Gasteiger partial charge in [0.2, 0.25) is 0 Å². The molecule has 6 atom stereocenters. The molecule has 3 unspecified atom stereocenters. The van der Waals surface area contributed by atoms with Crippen LogP contribution in [0.25, 0.3) is 0 Å². The maximum absolute atomic E-state index is 13.2. The summed E-state index contributed by atoms with van der Waals surface area (Å²) in [4.78, 5) is 73.3. The van der Waals surface area contributed by atoms with Gasteiger partial charge in [-0.2, -0.15) is 0 Å². The topological polar surface area (TPSA) is 237 Å². The van der Waals surface area contributed by atoms with Crippen LogP contribution >= 0.6 is 15.6 Å². The molecule has 0 aliphatic rings. The number of aliphatic hydroxyl groups is 1. The van der Waals surface area contributed by atoms with Crippen molar-refractivity contribution in [1.29, 1.82) is 0 Å². The number of esters is 4. The number of hydrogen-bond acceptors (Lipinski definition) is 15. The van der Waals surface area contributed by atoms with Crippen LogP contribution in [0.2, 0.25) is 0 Å². The first-order valence-corrected chi connectivity index (χ1v) is 48.0. The van der Waals surface area contributed by atoms with Crippen LogP contribution in [0.1, 0.15) is 465 Å². The molecular formula is C87H170O17P2. The highest BCUT2D eigenvalue weighted by atomic mass is 31.2. The van der Waals surface area contributed by atoms with Crippen LogP contribution in [-0.2, 0) is 65.4 Å². The maximum atomic E-state index is 13.2. The third-order valence-electron chi connectivity index (χ3n) is 20.8. The summed E-state index contributed by atoms with van der Waals surface area (Å²) < 4.78 is 68.9. The van der Waals surface area contributed by atoms with E-state index in [1.165, 1.54) is 283 Å². The van der Waals surface area contributed by atoms with Gasteiger partial charge in [-0.3, -0.25) is 37.3 Å². The third kappa shape index (κ3) is 78.7. The normalized spacial score (nSPS) is 14.1. The van der Waals surface area contributed by atoms with E-state index in [4.69, 9.17) is 37.0 Å². The summed E-state index contributed by atoms with van der Waals surface area (Å²) in [6, 6.07) is 0. The first kappa shape index (κ1) is 104. The van der Waals surface area contributed by atoms with Gasteiger partial charge in [0.15, 0.2) is 12.2 Å². The lowest BCUT2D eigenvalue weighted by Gasteiger charge is -2.21. The van der Waals surface area contributed by atoms with Crippen molar-refractivity contribution >= 4 is 39.5 Å². The van der Waals surface area contributed by atoms with Gasteiger partial charge in [-0.15, -0.1) is 0 Å². The van der Waals surface area contributed by atoms with Gasteiger partial charge in [-0.05, 0) is 37.5 Å². The molecule has 0 heterocycles. The molecule has 0 saturated carbocycles. The van der Waals surface area contributed by atoms with Crippen molar-refractivity contribution in [3.63, 3.8) is 0 Å². The van der Waals surface area contributed by atoms with E-state index in [2.05, 4.69) is 41.5 Å². The molecular weight excluding hydrogens is 1380 g/mol. The Labute approximate surface area is 651 Å². The standard InChI is InChI=1S/C87H170O17P2/c1-7-10-12-14-16-18-20-22-24-25-26-27-28-29-30-31-37-41-47-54-60-66-72-87(92)103-82(75-97-84(89)69-63-57-51-45-39-36-33-32-34-38-44-50-56-62-68-80(6)9-3)77-101-105(93,94)99-73-81(88)74-100-106(95,96)102-78-83(76-98-85(90)70-64-58-52-48-42-43-49-55-61-67-79(4)5)104-86(91)71-65-59-53-46-40-35-23-21-19-17-15-13-11-8-2/h79-83,88H,7-78H2,1-6H3,(H,93,94)(H,95,96)/t80?,81-,82-,83-/m1/s1. The van der Waals surface area contributed by atoms with E-state index in [1.54, 1.807) is 0 Å². The lowest BCUT2D eigenvalue weighted by molar-refractivity contribution is -0.161. The largest absolute Gasteiger partial charge is 0.472 e. The molecule has 0 amide bonds. The smallest absolute Gasteiger partial charge is 0.462 e. The van der Waals surface area contributed by atoms with Crippen molar-refractivity contribution in [2.75, 3.05) is 39.6 Å². The molecule has 19 heteroatoms. The van der Waals surface area contributed by atoms with Crippen LogP contribution in [0.4, 0.5) is 0 Å². The zero-order chi connectivity index (χ0) is 77.8. The molecule has 0 saturated heterocycles. The quantitative estimate of drug-likeness (QED) is 0.0222. The second kappa shape index (κ2) is 78.3. The molecule has 106 heavy (non-hydrogen) atoms. The predicted molar refractivity (Wildman–Crippen MR) is 437 cm³/mol. The zero-order valence-corrected chi connectivity index (χ0v) is 71.5. The summed E-state index contributed by atoms with van der Waals surface area (Å²) in [6.45, 7) is 9.71. The van der Waals surface area contributed by atoms with Gasteiger partial charge >= 0.3 is 39.5 Å². The number of carbonyl (C=O) groups is 4. The van der Waals surface area contributed by atoms with Crippen molar-refractivity contribution in [1.82, 2.24) is 0 Å². The van der Waals surface area contributed by atoms with E-state index in [-0.39, 0.29) is 25.7 Å². The fourth-order valence-corrected chi connectivity index (χ4v) is 15.1. The lowest BCUT2D eigenvalue weighted by atomic mass is 9.99. The Morgan fingerprint density at radius 1 is 0.274 bits per heavy atom. The molecule has 0 spiro atoms. The molecule has 0 fully saturated rings. The number of carbonyl (C=O) groups excluding carboxylic acids is 4. The summed E-state index contributed by atoms with van der Waals surface area (Å²) in [5.41, 5.74) is 0. The molecule has 0 aromatic heterocycles. The number of hydrogen-bond donors (Lipinski definition) is 3. The second-order valence-corrected chi connectivity index (χ2v) is 34.9. The van der Waals surface area contributed by atoms with Crippen molar-refractivity contribution in [2.24, 2.45) is 11.8 Å². The van der Waals surface area contributed by atoms with E-state index < -0.39 is 97.5 Å². The van der Waals surface area contributed by atoms with Crippen LogP contribution in [0.3, 0.4) is 0 Å². The Kier molecular flexibility index (Phi) is 76.9. The number of ether oxygens (including phenoxy) is 4. The minimum Gasteiger partial charge on any atom is -0.462 e. The lowest BCUT2D eigenvalue weighted by Crippen LogP contribution is -2.30. The van der Waals surface area contributed by atoms with E-state index >= 15 is 0 Å². The molecule has 630 valence electrons.